The summed E-state index contributed by atoms with van der Waals surface area (Å²) in [4.78, 5) is 13.0. The number of carbonyl (C=O) groups excluding carboxylic acids is 1. The van der Waals surface area contributed by atoms with Gasteiger partial charge in [-0.15, -0.1) is 0 Å². The quantitative estimate of drug-likeness (QED) is 0.499. The summed E-state index contributed by atoms with van der Waals surface area (Å²) in [5.41, 5.74) is 1.82. The zero-order valence-electron chi connectivity index (χ0n) is 19.0. The first kappa shape index (κ1) is 24.9. The van der Waals surface area contributed by atoms with Gasteiger partial charge in [0.25, 0.3) is 15.9 Å². The Morgan fingerprint density at radius 3 is 2.11 bits per heavy atom. The zero-order chi connectivity index (χ0) is 25.1. The summed E-state index contributed by atoms with van der Waals surface area (Å²) in [5, 5.41) is 2.70. The van der Waals surface area contributed by atoms with Gasteiger partial charge in [-0.25, -0.2) is 16.8 Å². The van der Waals surface area contributed by atoms with Gasteiger partial charge in [0.15, 0.2) is 0 Å². The van der Waals surface area contributed by atoms with E-state index in [1.54, 1.807) is 30.3 Å². The molecule has 0 unspecified atom stereocenters. The highest BCUT2D eigenvalue weighted by Gasteiger charge is 2.26. The van der Waals surface area contributed by atoms with Crippen LogP contribution < -0.4 is 10.0 Å². The van der Waals surface area contributed by atoms with E-state index < -0.39 is 26.0 Å². The summed E-state index contributed by atoms with van der Waals surface area (Å²) in [6.45, 7) is 3.17. The van der Waals surface area contributed by atoms with Crippen LogP contribution >= 0.6 is 0 Å². The van der Waals surface area contributed by atoms with Crippen molar-refractivity contribution >= 4 is 37.3 Å². The molecular formula is C24H25N3O6S2. The highest BCUT2D eigenvalue weighted by Crippen LogP contribution is 2.21. The molecule has 0 spiro atoms. The highest BCUT2D eigenvalue weighted by molar-refractivity contribution is 7.92. The van der Waals surface area contributed by atoms with E-state index in [2.05, 4.69) is 10.0 Å². The first-order valence-electron chi connectivity index (χ1n) is 10.8. The molecule has 1 aliphatic heterocycles. The van der Waals surface area contributed by atoms with E-state index in [1.807, 2.05) is 6.92 Å². The van der Waals surface area contributed by atoms with Crippen molar-refractivity contribution in [3.05, 3.63) is 83.9 Å². The van der Waals surface area contributed by atoms with Gasteiger partial charge in [-0.2, -0.15) is 4.31 Å². The van der Waals surface area contributed by atoms with Crippen molar-refractivity contribution in [3.8, 4) is 0 Å². The van der Waals surface area contributed by atoms with Gasteiger partial charge < -0.3 is 10.1 Å². The molecule has 3 aromatic carbocycles. The van der Waals surface area contributed by atoms with Gasteiger partial charge in [0.2, 0.25) is 10.0 Å². The third kappa shape index (κ3) is 5.88. The van der Waals surface area contributed by atoms with E-state index in [4.69, 9.17) is 4.74 Å². The molecular weight excluding hydrogens is 490 g/mol. The molecule has 4 rings (SSSR count). The Morgan fingerprint density at radius 2 is 1.46 bits per heavy atom. The number of hydrogen-bond acceptors (Lipinski definition) is 6. The number of hydrogen-bond donors (Lipinski definition) is 2. The topological polar surface area (TPSA) is 122 Å². The van der Waals surface area contributed by atoms with Gasteiger partial charge in [0.1, 0.15) is 0 Å². The predicted molar refractivity (Wildman–Crippen MR) is 132 cm³/mol. The van der Waals surface area contributed by atoms with Crippen molar-refractivity contribution in [2.75, 3.05) is 36.3 Å². The third-order valence-electron chi connectivity index (χ3n) is 5.43. The standard InChI is InChI=1S/C24H25N3O6S2/c1-18-5-9-22(10-6-18)34(29,30)26-21-4-2-3-19(17-21)24(28)25-20-7-11-23(12-8-20)35(31,32)27-13-15-33-16-14-27/h2-12,17,26H,13-16H2,1H3,(H,25,28). The van der Waals surface area contributed by atoms with Crippen molar-refractivity contribution in [1.82, 2.24) is 4.31 Å². The second-order valence-electron chi connectivity index (χ2n) is 7.99. The first-order valence-corrected chi connectivity index (χ1v) is 13.8. The summed E-state index contributed by atoms with van der Waals surface area (Å²) in [7, 11) is -7.44. The molecule has 1 aliphatic rings. The third-order valence-corrected chi connectivity index (χ3v) is 8.74. The largest absolute Gasteiger partial charge is 0.379 e. The van der Waals surface area contributed by atoms with Gasteiger partial charge in [-0.05, 0) is 61.5 Å². The number of ether oxygens (including phenoxy) is 1. The summed E-state index contributed by atoms with van der Waals surface area (Å²) in [5.74, 6) is -0.467. The lowest BCUT2D eigenvalue weighted by atomic mass is 10.2. The lowest BCUT2D eigenvalue weighted by molar-refractivity contribution is 0.0730. The van der Waals surface area contributed by atoms with Crippen LogP contribution in [-0.4, -0.2) is 53.4 Å². The molecule has 3 aromatic rings. The van der Waals surface area contributed by atoms with Gasteiger partial charge >= 0.3 is 0 Å². The number of nitrogens with one attached hydrogen (secondary N) is 2. The van der Waals surface area contributed by atoms with Crippen LogP contribution in [0, 0.1) is 6.92 Å². The lowest BCUT2D eigenvalue weighted by Crippen LogP contribution is -2.40. The maximum atomic E-state index is 12.7. The molecule has 0 atom stereocenters. The van der Waals surface area contributed by atoms with Crippen LogP contribution in [0.5, 0.6) is 0 Å². The fourth-order valence-electron chi connectivity index (χ4n) is 3.50. The first-order chi connectivity index (χ1) is 16.6. The minimum Gasteiger partial charge on any atom is -0.379 e. The van der Waals surface area contributed by atoms with Gasteiger partial charge in [0, 0.05) is 30.0 Å². The van der Waals surface area contributed by atoms with Crippen molar-refractivity contribution in [2.24, 2.45) is 0 Å². The Hall–Kier alpha value is -3.25. The van der Waals surface area contributed by atoms with Crippen LogP contribution in [0.3, 0.4) is 0 Å². The van der Waals surface area contributed by atoms with Crippen molar-refractivity contribution in [1.29, 1.82) is 0 Å². The molecule has 11 heteroatoms. The van der Waals surface area contributed by atoms with E-state index in [9.17, 15) is 21.6 Å². The number of rotatable bonds is 7. The lowest BCUT2D eigenvalue weighted by Gasteiger charge is -2.26. The minimum absolute atomic E-state index is 0.116. The van der Waals surface area contributed by atoms with Crippen LogP contribution in [0.2, 0.25) is 0 Å². The summed E-state index contributed by atoms with van der Waals surface area (Å²) >= 11 is 0. The van der Waals surface area contributed by atoms with Crippen molar-refractivity contribution in [3.63, 3.8) is 0 Å². The van der Waals surface area contributed by atoms with E-state index >= 15 is 0 Å². The molecule has 2 N–H and O–H groups in total. The second kappa shape index (κ2) is 10.2. The number of nitrogens with zero attached hydrogens (tertiary/aromatic N) is 1. The molecule has 184 valence electrons. The summed E-state index contributed by atoms with van der Waals surface area (Å²) < 4.78 is 59.8. The fourth-order valence-corrected chi connectivity index (χ4v) is 5.96. The molecule has 0 saturated carbocycles. The predicted octanol–water partition coefficient (Wildman–Crippen LogP) is 3.07. The number of anilines is 2. The summed E-state index contributed by atoms with van der Waals surface area (Å²) in [6.07, 6.45) is 0. The molecule has 0 radical (unpaired) electrons. The number of morpholine rings is 1. The number of carbonyl (C=O) groups is 1. The Bertz CT molecular complexity index is 1410. The van der Waals surface area contributed by atoms with E-state index in [0.29, 0.717) is 32.0 Å². The van der Waals surface area contributed by atoms with Gasteiger partial charge in [-0.1, -0.05) is 23.8 Å². The maximum absolute atomic E-state index is 12.7. The number of sulfonamides is 2. The molecule has 0 aliphatic carbocycles. The summed E-state index contributed by atoms with van der Waals surface area (Å²) in [6, 6.07) is 18.4. The minimum atomic E-state index is -3.81. The van der Waals surface area contributed by atoms with Crippen molar-refractivity contribution < 1.29 is 26.4 Å². The molecule has 0 aromatic heterocycles. The van der Waals surface area contributed by atoms with Crippen LogP contribution in [0.4, 0.5) is 11.4 Å². The molecule has 1 heterocycles. The number of aryl methyl sites for hydroxylation is 1. The monoisotopic (exact) mass is 515 g/mol. The van der Waals surface area contributed by atoms with Gasteiger partial charge in [0.05, 0.1) is 23.0 Å². The average molecular weight is 516 g/mol. The normalized spacial score (nSPS) is 14.9. The van der Waals surface area contributed by atoms with E-state index in [-0.39, 0.29) is 21.0 Å². The fraction of sp³-hybridized carbons (Fsp3) is 0.208. The van der Waals surface area contributed by atoms with Crippen LogP contribution in [0.25, 0.3) is 0 Å². The molecule has 9 nitrogen and oxygen atoms in total. The Kier molecular flexibility index (Phi) is 7.22. The molecule has 35 heavy (non-hydrogen) atoms. The SMILES string of the molecule is Cc1ccc(S(=O)(=O)Nc2cccc(C(=O)Nc3ccc(S(=O)(=O)N4CCOCC4)cc3)c2)cc1. The zero-order valence-corrected chi connectivity index (χ0v) is 20.6. The number of benzene rings is 3. The molecule has 1 amide bonds. The smallest absolute Gasteiger partial charge is 0.261 e. The van der Waals surface area contributed by atoms with E-state index in [0.717, 1.165) is 5.56 Å². The van der Waals surface area contributed by atoms with Crippen molar-refractivity contribution in [2.45, 2.75) is 16.7 Å². The van der Waals surface area contributed by atoms with E-state index in [1.165, 1.54) is 46.8 Å². The Labute approximate surface area is 204 Å². The molecule has 0 bridgehead atoms. The van der Waals surface area contributed by atoms with Crippen LogP contribution in [-0.2, 0) is 24.8 Å². The molecule has 1 fully saturated rings. The average Bonchev–Trinajstić information content (AvgIpc) is 2.85. The van der Waals surface area contributed by atoms with Crippen LogP contribution in [0.1, 0.15) is 15.9 Å². The second-order valence-corrected chi connectivity index (χ2v) is 11.6. The van der Waals surface area contributed by atoms with Gasteiger partial charge in [-0.3, -0.25) is 9.52 Å². The number of amides is 1. The maximum Gasteiger partial charge on any atom is 0.261 e. The van der Waals surface area contributed by atoms with Crippen LogP contribution in [0.15, 0.2) is 82.6 Å². The molecule has 1 saturated heterocycles. The highest BCUT2D eigenvalue weighted by atomic mass is 32.2. The Morgan fingerprint density at radius 1 is 0.829 bits per heavy atom. The Balaban J connectivity index is 1.45.